The monoisotopic (exact) mass is 333 g/mol. The zero-order valence-electron chi connectivity index (χ0n) is 14.5. The Morgan fingerprint density at radius 2 is 1.88 bits per heavy atom. The van der Waals surface area contributed by atoms with Crippen LogP contribution in [-0.4, -0.2) is 43.1 Å². The standard InChI is InChI=1S/C18H27N3O3/c1-13-5-3-6-14(2)16(13)24-12-4-9-20-17(22)15-7-10-21(11-8-15)18(19)23/h3,5-6,15H,4,7-12H2,1-2H3,(H2,19,23)(H,20,22). The van der Waals surface area contributed by atoms with Crippen molar-refractivity contribution < 1.29 is 14.3 Å². The number of para-hydroxylation sites is 1. The van der Waals surface area contributed by atoms with E-state index >= 15 is 0 Å². The van der Waals surface area contributed by atoms with Crippen LogP contribution in [0.2, 0.25) is 0 Å². The lowest BCUT2D eigenvalue weighted by molar-refractivity contribution is -0.126. The minimum absolute atomic E-state index is 0.0277. The Morgan fingerprint density at radius 3 is 2.46 bits per heavy atom. The highest BCUT2D eigenvalue weighted by Gasteiger charge is 2.25. The fourth-order valence-electron chi connectivity index (χ4n) is 2.99. The molecule has 1 aliphatic rings. The summed E-state index contributed by atoms with van der Waals surface area (Å²) in [6.07, 6.45) is 2.11. The average molecular weight is 333 g/mol. The number of hydrogen-bond donors (Lipinski definition) is 2. The van der Waals surface area contributed by atoms with Crippen molar-refractivity contribution in [2.75, 3.05) is 26.2 Å². The molecular weight excluding hydrogens is 306 g/mol. The molecule has 3 amide bonds. The van der Waals surface area contributed by atoms with E-state index in [0.29, 0.717) is 39.1 Å². The van der Waals surface area contributed by atoms with E-state index in [1.807, 2.05) is 32.0 Å². The SMILES string of the molecule is Cc1cccc(C)c1OCCCNC(=O)C1CCN(C(N)=O)CC1. The lowest BCUT2D eigenvalue weighted by Crippen LogP contribution is -2.45. The molecule has 1 heterocycles. The van der Waals surface area contributed by atoms with Gasteiger partial charge in [0.2, 0.25) is 5.91 Å². The predicted octanol–water partition coefficient (Wildman–Crippen LogP) is 1.98. The number of nitrogens with zero attached hydrogens (tertiary/aromatic N) is 1. The van der Waals surface area contributed by atoms with Crippen LogP contribution in [0.4, 0.5) is 4.79 Å². The van der Waals surface area contributed by atoms with Gasteiger partial charge in [0.25, 0.3) is 0 Å². The number of piperidine rings is 1. The summed E-state index contributed by atoms with van der Waals surface area (Å²) in [6, 6.07) is 5.67. The van der Waals surface area contributed by atoms with Crippen LogP contribution in [0.5, 0.6) is 5.75 Å². The largest absolute Gasteiger partial charge is 0.493 e. The van der Waals surface area contributed by atoms with Gasteiger partial charge in [-0.1, -0.05) is 18.2 Å². The van der Waals surface area contributed by atoms with Gasteiger partial charge in [0, 0.05) is 25.6 Å². The van der Waals surface area contributed by atoms with Gasteiger partial charge in [0.05, 0.1) is 6.61 Å². The number of carbonyl (C=O) groups is 2. The highest BCUT2D eigenvalue weighted by molar-refractivity contribution is 5.79. The maximum atomic E-state index is 12.1. The fourth-order valence-corrected chi connectivity index (χ4v) is 2.99. The van der Waals surface area contributed by atoms with Crippen molar-refractivity contribution in [2.45, 2.75) is 33.1 Å². The molecule has 1 aliphatic heterocycles. The first-order valence-electron chi connectivity index (χ1n) is 8.50. The molecule has 0 spiro atoms. The van der Waals surface area contributed by atoms with Gasteiger partial charge < -0.3 is 20.7 Å². The van der Waals surface area contributed by atoms with Crippen LogP contribution in [0, 0.1) is 19.8 Å². The molecule has 3 N–H and O–H groups in total. The summed E-state index contributed by atoms with van der Waals surface area (Å²) in [6.45, 7) is 6.35. The summed E-state index contributed by atoms with van der Waals surface area (Å²) in [7, 11) is 0. The van der Waals surface area contributed by atoms with Crippen molar-refractivity contribution in [3.05, 3.63) is 29.3 Å². The average Bonchev–Trinajstić information content (AvgIpc) is 2.56. The molecule has 1 saturated heterocycles. The van der Waals surface area contributed by atoms with E-state index in [-0.39, 0.29) is 11.8 Å². The summed E-state index contributed by atoms with van der Waals surface area (Å²) >= 11 is 0. The predicted molar refractivity (Wildman–Crippen MR) is 92.9 cm³/mol. The lowest BCUT2D eigenvalue weighted by Gasteiger charge is -2.29. The Balaban J connectivity index is 1.64. The number of carbonyl (C=O) groups excluding carboxylic acids is 2. The maximum Gasteiger partial charge on any atom is 0.314 e. The van der Waals surface area contributed by atoms with E-state index in [0.717, 1.165) is 23.3 Å². The normalized spacial score (nSPS) is 15.2. The number of likely N-dealkylation sites (tertiary alicyclic amines) is 1. The van der Waals surface area contributed by atoms with Crippen LogP contribution >= 0.6 is 0 Å². The van der Waals surface area contributed by atoms with Gasteiger partial charge in [-0.05, 0) is 44.2 Å². The number of aryl methyl sites for hydroxylation is 2. The van der Waals surface area contributed by atoms with Crippen LogP contribution < -0.4 is 15.8 Å². The topological polar surface area (TPSA) is 84.7 Å². The molecule has 6 nitrogen and oxygen atoms in total. The Hall–Kier alpha value is -2.24. The Kier molecular flexibility index (Phi) is 6.46. The number of urea groups is 1. The van der Waals surface area contributed by atoms with Gasteiger partial charge in [-0.3, -0.25) is 4.79 Å². The van der Waals surface area contributed by atoms with E-state index in [1.54, 1.807) is 4.90 Å². The van der Waals surface area contributed by atoms with E-state index in [4.69, 9.17) is 10.5 Å². The Bertz CT molecular complexity index is 561. The minimum Gasteiger partial charge on any atom is -0.493 e. The van der Waals surface area contributed by atoms with Gasteiger partial charge in [-0.25, -0.2) is 4.79 Å². The highest BCUT2D eigenvalue weighted by atomic mass is 16.5. The molecule has 0 aliphatic carbocycles. The van der Waals surface area contributed by atoms with Crippen LogP contribution in [0.3, 0.4) is 0 Å². The van der Waals surface area contributed by atoms with Crippen molar-refractivity contribution in [1.29, 1.82) is 0 Å². The first kappa shape index (κ1) is 18.1. The minimum atomic E-state index is -0.405. The second-order valence-corrected chi connectivity index (χ2v) is 6.31. The van der Waals surface area contributed by atoms with Crippen LogP contribution in [0.1, 0.15) is 30.4 Å². The molecule has 1 aromatic carbocycles. The van der Waals surface area contributed by atoms with E-state index < -0.39 is 6.03 Å². The number of nitrogens with one attached hydrogen (secondary N) is 1. The number of ether oxygens (including phenoxy) is 1. The lowest BCUT2D eigenvalue weighted by atomic mass is 9.96. The smallest absolute Gasteiger partial charge is 0.314 e. The Labute approximate surface area is 143 Å². The first-order valence-corrected chi connectivity index (χ1v) is 8.50. The molecule has 6 heteroatoms. The summed E-state index contributed by atoms with van der Waals surface area (Å²) in [5, 5.41) is 2.96. The summed E-state index contributed by atoms with van der Waals surface area (Å²) < 4.78 is 5.83. The van der Waals surface area contributed by atoms with Crippen molar-refractivity contribution in [1.82, 2.24) is 10.2 Å². The molecular formula is C18H27N3O3. The number of hydrogen-bond acceptors (Lipinski definition) is 3. The number of benzene rings is 1. The zero-order valence-corrected chi connectivity index (χ0v) is 14.5. The second kappa shape index (κ2) is 8.57. The fraction of sp³-hybridized carbons (Fsp3) is 0.556. The number of primary amides is 1. The van der Waals surface area contributed by atoms with Crippen molar-refractivity contribution in [2.24, 2.45) is 11.7 Å². The molecule has 1 aromatic rings. The first-order chi connectivity index (χ1) is 11.5. The van der Waals surface area contributed by atoms with E-state index in [9.17, 15) is 9.59 Å². The van der Waals surface area contributed by atoms with Crippen molar-refractivity contribution in [3.8, 4) is 5.75 Å². The highest BCUT2D eigenvalue weighted by Crippen LogP contribution is 2.22. The molecule has 0 aromatic heterocycles. The number of amides is 3. The summed E-state index contributed by atoms with van der Waals surface area (Å²) in [4.78, 5) is 24.8. The molecule has 2 rings (SSSR count). The van der Waals surface area contributed by atoms with E-state index in [2.05, 4.69) is 5.32 Å². The zero-order chi connectivity index (χ0) is 17.5. The summed E-state index contributed by atoms with van der Waals surface area (Å²) in [5.74, 6) is 0.967. The molecule has 0 radical (unpaired) electrons. The Morgan fingerprint density at radius 1 is 1.25 bits per heavy atom. The maximum absolute atomic E-state index is 12.1. The van der Waals surface area contributed by atoms with Gasteiger partial charge in [0.1, 0.15) is 5.75 Å². The van der Waals surface area contributed by atoms with Gasteiger partial charge in [-0.15, -0.1) is 0 Å². The second-order valence-electron chi connectivity index (χ2n) is 6.31. The van der Waals surface area contributed by atoms with Gasteiger partial charge >= 0.3 is 6.03 Å². The molecule has 132 valence electrons. The van der Waals surface area contributed by atoms with Crippen molar-refractivity contribution in [3.63, 3.8) is 0 Å². The van der Waals surface area contributed by atoms with Crippen LogP contribution in [-0.2, 0) is 4.79 Å². The molecule has 0 saturated carbocycles. The molecule has 0 bridgehead atoms. The van der Waals surface area contributed by atoms with Gasteiger partial charge in [0.15, 0.2) is 0 Å². The van der Waals surface area contributed by atoms with Crippen molar-refractivity contribution >= 4 is 11.9 Å². The number of rotatable bonds is 6. The third-order valence-corrected chi connectivity index (χ3v) is 4.45. The summed E-state index contributed by atoms with van der Waals surface area (Å²) in [5.41, 5.74) is 7.49. The van der Waals surface area contributed by atoms with E-state index in [1.165, 1.54) is 0 Å². The molecule has 0 unspecified atom stereocenters. The molecule has 24 heavy (non-hydrogen) atoms. The van der Waals surface area contributed by atoms with Crippen LogP contribution in [0.25, 0.3) is 0 Å². The van der Waals surface area contributed by atoms with Crippen LogP contribution in [0.15, 0.2) is 18.2 Å². The molecule has 1 fully saturated rings. The third-order valence-electron chi connectivity index (χ3n) is 4.45. The molecule has 0 atom stereocenters. The number of nitrogens with two attached hydrogens (primary N) is 1. The quantitative estimate of drug-likeness (QED) is 0.781. The third kappa shape index (κ3) is 4.88. The van der Waals surface area contributed by atoms with Gasteiger partial charge in [-0.2, -0.15) is 0 Å².